The number of alkyl halides is 2. The molecule has 0 spiro atoms. The molecule has 0 aliphatic rings. The van der Waals surface area contributed by atoms with Crippen LogP contribution in [0, 0.1) is 5.92 Å². The number of amides is 2. The molecule has 1 aromatic rings. The summed E-state index contributed by atoms with van der Waals surface area (Å²) in [5.41, 5.74) is 4.90. The third-order valence-corrected chi connectivity index (χ3v) is 3.67. The van der Waals surface area contributed by atoms with Gasteiger partial charge in [0.15, 0.2) is 0 Å². The van der Waals surface area contributed by atoms with Gasteiger partial charge in [0.1, 0.15) is 6.04 Å². The molecule has 0 radical (unpaired) electrons. The van der Waals surface area contributed by atoms with Gasteiger partial charge in [-0.3, -0.25) is 9.59 Å². The van der Waals surface area contributed by atoms with E-state index in [0.717, 1.165) is 0 Å². The van der Waals surface area contributed by atoms with Crippen LogP contribution in [0.15, 0.2) is 17.5 Å². The maximum Gasteiger partial charge on any atom is 0.277 e. The lowest BCUT2D eigenvalue weighted by Crippen LogP contribution is -2.52. The van der Waals surface area contributed by atoms with E-state index in [1.807, 2.05) is 0 Å². The third-order valence-electron chi connectivity index (χ3n) is 2.80. The number of carbonyl (C=O) groups is 2. The Morgan fingerprint density at radius 1 is 1.41 bits per heavy atom. The molecule has 1 unspecified atom stereocenters. The molecule has 9 heteroatoms. The molecule has 1 heterocycles. The van der Waals surface area contributed by atoms with Crippen LogP contribution in [0.1, 0.15) is 23.5 Å². The summed E-state index contributed by atoms with van der Waals surface area (Å²) in [7, 11) is 0. The van der Waals surface area contributed by atoms with E-state index in [2.05, 4.69) is 10.6 Å². The Morgan fingerprint density at radius 2 is 2.05 bits per heavy atom. The monoisotopic (exact) mass is 355 g/mol. The molecular formula is C13H20ClF2N3O2S. The molecule has 0 aromatic carbocycles. The van der Waals surface area contributed by atoms with Crippen LogP contribution in [0.4, 0.5) is 8.78 Å². The molecule has 0 saturated heterocycles. The first-order valence-corrected chi connectivity index (χ1v) is 7.35. The van der Waals surface area contributed by atoms with Gasteiger partial charge < -0.3 is 16.4 Å². The molecule has 22 heavy (non-hydrogen) atoms. The summed E-state index contributed by atoms with van der Waals surface area (Å²) in [4.78, 5) is 24.3. The van der Waals surface area contributed by atoms with E-state index in [9.17, 15) is 18.4 Å². The Kier molecular flexibility index (Phi) is 8.50. The van der Waals surface area contributed by atoms with Gasteiger partial charge in [0.25, 0.3) is 11.8 Å². The fraction of sp³-hybridized carbons (Fsp3) is 0.538. The van der Waals surface area contributed by atoms with Crippen molar-refractivity contribution in [3.63, 3.8) is 0 Å². The number of nitrogens with two attached hydrogens (primary N) is 1. The normalized spacial score (nSPS) is 12.5. The van der Waals surface area contributed by atoms with Crippen molar-refractivity contribution < 1.29 is 18.4 Å². The smallest absolute Gasteiger partial charge is 0.277 e. The maximum atomic E-state index is 13.0. The van der Waals surface area contributed by atoms with E-state index in [1.165, 1.54) is 11.3 Å². The lowest BCUT2D eigenvalue weighted by atomic mass is 10.0. The van der Waals surface area contributed by atoms with Crippen molar-refractivity contribution in [1.82, 2.24) is 10.6 Å². The molecule has 0 fully saturated rings. The zero-order valence-corrected chi connectivity index (χ0v) is 13.9. The molecule has 0 bridgehead atoms. The first-order valence-electron chi connectivity index (χ1n) is 6.47. The summed E-state index contributed by atoms with van der Waals surface area (Å²) in [6.07, 6.45) is 0. The summed E-state index contributed by atoms with van der Waals surface area (Å²) in [5, 5.41) is 6.42. The third kappa shape index (κ3) is 6.25. The van der Waals surface area contributed by atoms with Crippen molar-refractivity contribution in [2.45, 2.75) is 25.8 Å². The van der Waals surface area contributed by atoms with Crippen LogP contribution in [0.3, 0.4) is 0 Å². The lowest BCUT2D eigenvalue weighted by molar-refractivity contribution is -0.125. The highest BCUT2D eigenvalue weighted by molar-refractivity contribution is 7.12. The van der Waals surface area contributed by atoms with Gasteiger partial charge in [0, 0.05) is 0 Å². The zero-order chi connectivity index (χ0) is 16.0. The molecule has 0 aliphatic carbocycles. The molecule has 5 nitrogen and oxygen atoms in total. The second-order valence-corrected chi connectivity index (χ2v) is 5.90. The van der Waals surface area contributed by atoms with Gasteiger partial charge in [-0.2, -0.15) is 0 Å². The molecule has 1 aromatic heterocycles. The van der Waals surface area contributed by atoms with Crippen molar-refractivity contribution >= 4 is 35.6 Å². The van der Waals surface area contributed by atoms with E-state index in [1.54, 1.807) is 31.4 Å². The quantitative estimate of drug-likeness (QED) is 0.695. The topological polar surface area (TPSA) is 84.2 Å². The van der Waals surface area contributed by atoms with E-state index < -0.39 is 36.9 Å². The van der Waals surface area contributed by atoms with Gasteiger partial charge in [0.05, 0.1) is 18.0 Å². The second kappa shape index (κ2) is 9.02. The standard InChI is InChI=1S/C13H19F2N3O2S.ClH/c1-8(2)10(12(20)17-7-13(14,15)6-16)18-11(19)9-4-3-5-21-9;/h3-5,8,10H,6-7,16H2,1-2H3,(H,17,20)(H,18,19);1H. The number of carbonyl (C=O) groups excluding carboxylic acids is 2. The average molecular weight is 356 g/mol. The highest BCUT2D eigenvalue weighted by atomic mass is 35.5. The van der Waals surface area contributed by atoms with Gasteiger partial charge in [-0.15, -0.1) is 23.7 Å². The minimum Gasteiger partial charge on any atom is -0.348 e. The number of halogens is 3. The summed E-state index contributed by atoms with van der Waals surface area (Å²) in [6.45, 7) is 1.75. The number of rotatable bonds is 7. The Labute approximate surface area is 138 Å². The fourth-order valence-corrected chi connectivity index (χ4v) is 2.18. The van der Waals surface area contributed by atoms with E-state index in [0.29, 0.717) is 4.88 Å². The molecule has 126 valence electrons. The Bertz CT molecular complexity index is 484. The largest absolute Gasteiger partial charge is 0.348 e. The summed E-state index contributed by atoms with van der Waals surface area (Å²) < 4.78 is 26.1. The first-order chi connectivity index (χ1) is 9.76. The number of hydrogen-bond donors (Lipinski definition) is 3. The molecular weight excluding hydrogens is 336 g/mol. The van der Waals surface area contributed by atoms with Crippen molar-refractivity contribution in [2.24, 2.45) is 11.7 Å². The van der Waals surface area contributed by atoms with Gasteiger partial charge >= 0.3 is 0 Å². The lowest BCUT2D eigenvalue weighted by Gasteiger charge is -2.23. The van der Waals surface area contributed by atoms with E-state index in [-0.39, 0.29) is 18.3 Å². The molecule has 1 atom stereocenters. The highest BCUT2D eigenvalue weighted by Gasteiger charge is 2.30. The minimum absolute atomic E-state index is 0. The number of hydrogen-bond acceptors (Lipinski definition) is 4. The van der Waals surface area contributed by atoms with Crippen molar-refractivity contribution in [3.8, 4) is 0 Å². The van der Waals surface area contributed by atoms with Crippen LogP contribution in [0.5, 0.6) is 0 Å². The first kappa shape index (κ1) is 20.8. The predicted molar refractivity (Wildman–Crippen MR) is 84.7 cm³/mol. The minimum atomic E-state index is -3.16. The maximum absolute atomic E-state index is 13.0. The van der Waals surface area contributed by atoms with Crippen LogP contribution in [-0.4, -0.2) is 36.9 Å². The molecule has 0 aliphatic heterocycles. The predicted octanol–water partition coefficient (Wildman–Crippen LogP) is 1.63. The number of nitrogens with one attached hydrogen (secondary N) is 2. The zero-order valence-electron chi connectivity index (χ0n) is 12.3. The van der Waals surface area contributed by atoms with Crippen molar-refractivity contribution in [2.75, 3.05) is 13.1 Å². The SMILES string of the molecule is CC(C)C(NC(=O)c1cccs1)C(=O)NCC(F)(F)CN.Cl. The molecule has 1 rings (SSSR count). The molecule has 2 amide bonds. The van der Waals surface area contributed by atoms with Crippen molar-refractivity contribution in [1.29, 1.82) is 0 Å². The highest BCUT2D eigenvalue weighted by Crippen LogP contribution is 2.12. The van der Waals surface area contributed by atoms with Gasteiger partial charge in [-0.05, 0) is 17.4 Å². The van der Waals surface area contributed by atoms with E-state index in [4.69, 9.17) is 5.73 Å². The Morgan fingerprint density at radius 3 is 2.50 bits per heavy atom. The van der Waals surface area contributed by atoms with Crippen LogP contribution in [0.25, 0.3) is 0 Å². The van der Waals surface area contributed by atoms with Crippen LogP contribution >= 0.6 is 23.7 Å². The van der Waals surface area contributed by atoms with Crippen LogP contribution < -0.4 is 16.4 Å². The number of thiophene rings is 1. The fourth-order valence-electron chi connectivity index (χ4n) is 1.55. The molecule has 4 N–H and O–H groups in total. The second-order valence-electron chi connectivity index (χ2n) is 4.95. The van der Waals surface area contributed by atoms with Gasteiger partial charge in [-0.1, -0.05) is 19.9 Å². The van der Waals surface area contributed by atoms with E-state index >= 15 is 0 Å². The Hall–Kier alpha value is -1.25. The van der Waals surface area contributed by atoms with Crippen LogP contribution in [-0.2, 0) is 4.79 Å². The van der Waals surface area contributed by atoms with Gasteiger partial charge in [0.2, 0.25) is 5.91 Å². The average Bonchev–Trinajstić information content (AvgIpc) is 2.96. The van der Waals surface area contributed by atoms with Crippen molar-refractivity contribution in [3.05, 3.63) is 22.4 Å². The summed E-state index contributed by atoms with van der Waals surface area (Å²) in [6, 6.07) is 2.46. The Balaban J connectivity index is 0.00000441. The molecule has 0 saturated carbocycles. The summed E-state index contributed by atoms with van der Waals surface area (Å²) >= 11 is 1.24. The van der Waals surface area contributed by atoms with Gasteiger partial charge in [-0.25, -0.2) is 8.78 Å². The summed E-state index contributed by atoms with van der Waals surface area (Å²) in [5.74, 6) is -4.44. The van der Waals surface area contributed by atoms with Crippen LogP contribution in [0.2, 0.25) is 0 Å².